The Hall–Kier alpha value is -1.88. The summed E-state index contributed by atoms with van der Waals surface area (Å²) in [6.07, 6.45) is 4.22. The molecule has 0 saturated carbocycles. The largest absolute Gasteiger partial charge is 0.481 e. The molecule has 0 spiro atoms. The van der Waals surface area contributed by atoms with Crippen LogP contribution < -0.4 is 0 Å². The van der Waals surface area contributed by atoms with Crippen LogP contribution in [0.2, 0.25) is 0 Å². The minimum atomic E-state index is -0.839. The zero-order chi connectivity index (χ0) is 15.4. The third-order valence-corrected chi connectivity index (χ3v) is 3.66. The standard InChI is InChI=1S/C16H23N3O2/c1-4-5-8-18(3)11-14-13(10-15(20)21)17-16-12(2)7-6-9-19(14)16/h6-7,9H,4-5,8,10-11H2,1-3H3,(H,20,21). The Balaban J connectivity index is 2.38. The maximum absolute atomic E-state index is 11.1. The molecule has 2 aromatic rings. The van der Waals surface area contributed by atoms with Gasteiger partial charge in [-0.25, -0.2) is 4.98 Å². The van der Waals surface area contributed by atoms with Gasteiger partial charge in [-0.3, -0.25) is 4.79 Å². The lowest BCUT2D eigenvalue weighted by atomic mass is 10.2. The van der Waals surface area contributed by atoms with Gasteiger partial charge in [-0.15, -0.1) is 0 Å². The number of fused-ring (bicyclic) bond motifs is 1. The van der Waals surface area contributed by atoms with Crippen LogP contribution >= 0.6 is 0 Å². The number of aryl methyl sites for hydroxylation is 1. The summed E-state index contributed by atoms with van der Waals surface area (Å²) in [7, 11) is 2.06. The van der Waals surface area contributed by atoms with Crippen molar-refractivity contribution < 1.29 is 9.90 Å². The van der Waals surface area contributed by atoms with Gasteiger partial charge in [-0.2, -0.15) is 0 Å². The second-order valence-electron chi connectivity index (χ2n) is 5.55. The van der Waals surface area contributed by atoms with Gasteiger partial charge < -0.3 is 14.4 Å². The fraction of sp³-hybridized carbons (Fsp3) is 0.500. The summed E-state index contributed by atoms with van der Waals surface area (Å²) in [5.41, 5.74) is 3.56. The van der Waals surface area contributed by atoms with E-state index in [2.05, 4.69) is 23.9 Å². The quantitative estimate of drug-likeness (QED) is 0.851. The molecule has 0 aliphatic carbocycles. The maximum Gasteiger partial charge on any atom is 0.309 e. The van der Waals surface area contributed by atoms with Crippen molar-refractivity contribution in [2.75, 3.05) is 13.6 Å². The van der Waals surface area contributed by atoms with Gasteiger partial charge in [0.05, 0.1) is 17.8 Å². The average Bonchev–Trinajstić information content (AvgIpc) is 2.75. The van der Waals surface area contributed by atoms with E-state index in [9.17, 15) is 4.79 Å². The number of hydrogen-bond donors (Lipinski definition) is 1. The van der Waals surface area contributed by atoms with Gasteiger partial charge in [0.2, 0.25) is 0 Å². The minimum absolute atomic E-state index is 0.0297. The second kappa shape index (κ2) is 6.72. The van der Waals surface area contributed by atoms with Gasteiger partial charge in [-0.05, 0) is 38.6 Å². The smallest absolute Gasteiger partial charge is 0.309 e. The van der Waals surface area contributed by atoms with E-state index in [1.165, 1.54) is 0 Å². The molecule has 5 nitrogen and oxygen atoms in total. The van der Waals surface area contributed by atoms with E-state index in [1.54, 1.807) is 0 Å². The predicted molar refractivity (Wildman–Crippen MR) is 82.5 cm³/mol. The van der Waals surface area contributed by atoms with Crippen LogP contribution in [-0.4, -0.2) is 39.0 Å². The Labute approximate surface area is 125 Å². The van der Waals surface area contributed by atoms with Gasteiger partial charge >= 0.3 is 5.97 Å². The van der Waals surface area contributed by atoms with E-state index in [1.807, 2.05) is 29.7 Å². The monoisotopic (exact) mass is 289 g/mol. The van der Waals surface area contributed by atoms with E-state index in [-0.39, 0.29) is 6.42 Å². The Morgan fingerprint density at radius 3 is 2.90 bits per heavy atom. The molecule has 1 N–H and O–H groups in total. The predicted octanol–water partition coefficient (Wildman–Crippen LogP) is 2.50. The fourth-order valence-electron chi connectivity index (χ4n) is 2.51. The first-order chi connectivity index (χ1) is 10.0. The van der Waals surface area contributed by atoms with Crippen molar-refractivity contribution in [2.45, 2.75) is 39.7 Å². The molecule has 0 bridgehead atoms. The van der Waals surface area contributed by atoms with Gasteiger partial charge in [0, 0.05) is 12.7 Å². The highest BCUT2D eigenvalue weighted by atomic mass is 16.4. The number of imidazole rings is 1. The molecule has 0 aliphatic heterocycles. The van der Waals surface area contributed by atoms with E-state index in [0.717, 1.165) is 36.3 Å². The lowest BCUT2D eigenvalue weighted by molar-refractivity contribution is -0.136. The van der Waals surface area contributed by atoms with Gasteiger partial charge in [0.15, 0.2) is 0 Å². The summed E-state index contributed by atoms with van der Waals surface area (Å²) in [4.78, 5) is 17.8. The SMILES string of the molecule is CCCCN(C)Cc1c(CC(=O)O)nc2c(C)cccn12. The fourth-order valence-corrected chi connectivity index (χ4v) is 2.51. The Bertz CT molecular complexity index is 634. The van der Waals surface area contributed by atoms with Crippen LogP contribution in [0.5, 0.6) is 0 Å². The number of unbranched alkanes of at least 4 members (excludes halogenated alkanes) is 1. The first kappa shape index (κ1) is 15.5. The number of carboxylic acid groups (broad SMARTS) is 1. The van der Waals surface area contributed by atoms with Crippen LogP contribution in [0.15, 0.2) is 18.3 Å². The highest BCUT2D eigenvalue weighted by Crippen LogP contribution is 2.18. The topological polar surface area (TPSA) is 57.8 Å². The number of hydrogen-bond acceptors (Lipinski definition) is 3. The summed E-state index contributed by atoms with van der Waals surface area (Å²) >= 11 is 0. The summed E-state index contributed by atoms with van der Waals surface area (Å²) in [6, 6.07) is 3.97. The van der Waals surface area contributed by atoms with Crippen molar-refractivity contribution >= 4 is 11.6 Å². The molecule has 2 aromatic heterocycles. The first-order valence-corrected chi connectivity index (χ1v) is 7.38. The molecule has 0 fully saturated rings. The van der Waals surface area contributed by atoms with Crippen LogP contribution in [0.1, 0.15) is 36.7 Å². The number of carbonyl (C=O) groups is 1. The lowest BCUT2D eigenvalue weighted by Gasteiger charge is -2.16. The van der Waals surface area contributed by atoms with Crippen LogP contribution in [0.4, 0.5) is 0 Å². The number of aliphatic carboxylic acids is 1. The molecular formula is C16H23N3O2. The van der Waals surface area contributed by atoms with Crippen molar-refractivity contribution in [2.24, 2.45) is 0 Å². The average molecular weight is 289 g/mol. The zero-order valence-electron chi connectivity index (χ0n) is 13.0. The van der Waals surface area contributed by atoms with E-state index < -0.39 is 5.97 Å². The number of aromatic nitrogens is 2. The lowest BCUT2D eigenvalue weighted by Crippen LogP contribution is -2.21. The van der Waals surface area contributed by atoms with Gasteiger partial charge in [0.25, 0.3) is 0 Å². The van der Waals surface area contributed by atoms with Crippen LogP contribution in [0, 0.1) is 6.92 Å². The van der Waals surface area contributed by atoms with Crippen LogP contribution in [0.3, 0.4) is 0 Å². The zero-order valence-corrected chi connectivity index (χ0v) is 13.0. The molecule has 0 radical (unpaired) electrons. The third kappa shape index (κ3) is 3.61. The third-order valence-electron chi connectivity index (χ3n) is 3.66. The molecule has 0 aromatic carbocycles. The molecule has 2 rings (SSSR count). The van der Waals surface area contributed by atoms with Gasteiger partial charge in [0.1, 0.15) is 5.65 Å². The van der Waals surface area contributed by atoms with Crippen molar-refractivity contribution in [3.8, 4) is 0 Å². The van der Waals surface area contributed by atoms with E-state index >= 15 is 0 Å². The first-order valence-electron chi connectivity index (χ1n) is 7.38. The molecule has 0 unspecified atom stereocenters. The maximum atomic E-state index is 11.1. The summed E-state index contributed by atoms with van der Waals surface area (Å²) in [6.45, 7) is 5.88. The molecule has 2 heterocycles. The van der Waals surface area contributed by atoms with Crippen molar-refractivity contribution in [3.05, 3.63) is 35.3 Å². The number of nitrogens with zero attached hydrogens (tertiary/aromatic N) is 3. The van der Waals surface area contributed by atoms with Crippen LogP contribution in [-0.2, 0) is 17.8 Å². The van der Waals surface area contributed by atoms with Crippen LogP contribution in [0.25, 0.3) is 5.65 Å². The molecule has 0 amide bonds. The molecule has 114 valence electrons. The highest BCUT2D eigenvalue weighted by Gasteiger charge is 2.17. The summed E-state index contributed by atoms with van der Waals surface area (Å²) < 4.78 is 2.02. The molecule has 0 aliphatic rings. The van der Waals surface area contributed by atoms with Crippen molar-refractivity contribution in [1.82, 2.24) is 14.3 Å². The minimum Gasteiger partial charge on any atom is -0.481 e. The highest BCUT2D eigenvalue weighted by molar-refractivity contribution is 5.70. The molecule has 0 saturated heterocycles. The molecule has 21 heavy (non-hydrogen) atoms. The normalized spacial score (nSPS) is 11.4. The molecular weight excluding hydrogens is 266 g/mol. The van der Waals surface area contributed by atoms with Gasteiger partial charge in [-0.1, -0.05) is 19.4 Å². The summed E-state index contributed by atoms with van der Waals surface area (Å²) in [5.74, 6) is -0.839. The Morgan fingerprint density at radius 1 is 1.48 bits per heavy atom. The van der Waals surface area contributed by atoms with E-state index in [0.29, 0.717) is 12.2 Å². The Kier molecular flexibility index (Phi) is 4.96. The van der Waals surface area contributed by atoms with Crippen molar-refractivity contribution in [3.63, 3.8) is 0 Å². The summed E-state index contributed by atoms with van der Waals surface area (Å²) in [5, 5.41) is 9.10. The molecule has 5 heteroatoms. The number of carboxylic acids is 1. The molecule has 0 atom stereocenters. The Morgan fingerprint density at radius 2 is 2.24 bits per heavy atom. The van der Waals surface area contributed by atoms with E-state index in [4.69, 9.17) is 5.11 Å². The van der Waals surface area contributed by atoms with Crippen molar-refractivity contribution in [1.29, 1.82) is 0 Å². The number of pyridine rings is 1. The number of rotatable bonds is 7. The second-order valence-corrected chi connectivity index (χ2v) is 5.55.